The summed E-state index contributed by atoms with van der Waals surface area (Å²) in [5.41, 5.74) is 0.979. The van der Waals surface area contributed by atoms with Gasteiger partial charge in [0.1, 0.15) is 11.9 Å². The first kappa shape index (κ1) is 12.3. The summed E-state index contributed by atoms with van der Waals surface area (Å²) in [6.45, 7) is 3.83. The van der Waals surface area contributed by atoms with Gasteiger partial charge in [0.15, 0.2) is 0 Å². The molecule has 1 saturated heterocycles. The highest BCUT2D eigenvalue weighted by molar-refractivity contribution is 9.10. The number of pyridine rings is 1. The number of carbonyl (C=O) groups is 1. The molecule has 1 unspecified atom stereocenters. The first-order chi connectivity index (χ1) is 8.09. The maximum absolute atomic E-state index is 11.2. The summed E-state index contributed by atoms with van der Waals surface area (Å²) in [7, 11) is 0. The number of carboxylic acid groups (broad SMARTS) is 1. The monoisotopic (exact) mass is 299 g/mol. The summed E-state index contributed by atoms with van der Waals surface area (Å²) >= 11 is 3.35. The number of nitrogens with zero attached hydrogens (tertiary/aromatic N) is 2. The van der Waals surface area contributed by atoms with Crippen molar-refractivity contribution in [2.45, 2.75) is 13.0 Å². The lowest BCUT2D eigenvalue weighted by molar-refractivity contribution is -0.138. The van der Waals surface area contributed by atoms with Gasteiger partial charge in [-0.3, -0.25) is 0 Å². The molecule has 1 atom stereocenters. The minimum absolute atomic E-state index is 0.451. The van der Waals surface area contributed by atoms with Gasteiger partial charge in [0.05, 0.1) is 0 Å². The standard InChI is InChI=1S/C11H14BrN3O2/c1-7-4-8(12)5-14-10(7)15-3-2-13-6-9(15)11(16)17/h4-5,9,13H,2-3,6H2,1H3,(H,16,17). The van der Waals surface area contributed by atoms with Crippen LogP contribution < -0.4 is 10.2 Å². The molecule has 0 amide bonds. The molecular weight excluding hydrogens is 286 g/mol. The van der Waals surface area contributed by atoms with Gasteiger partial charge in [0.25, 0.3) is 0 Å². The Morgan fingerprint density at radius 2 is 2.47 bits per heavy atom. The van der Waals surface area contributed by atoms with Gasteiger partial charge in [-0.15, -0.1) is 0 Å². The van der Waals surface area contributed by atoms with Gasteiger partial charge in [-0.2, -0.15) is 0 Å². The molecular formula is C11H14BrN3O2. The number of piperazine rings is 1. The van der Waals surface area contributed by atoms with Crippen LogP contribution in [-0.2, 0) is 4.79 Å². The van der Waals surface area contributed by atoms with Crippen molar-refractivity contribution in [1.82, 2.24) is 10.3 Å². The van der Waals surface area contributed by atoms with Crippen LogP contribution in [0, 0.1) is 6.92 Å². The van der Waals surface area contributed by atoms with Crippen molar-refractivity contribution in [2.24, 2.45) is 0 Å². The Morgan fingerprint density at radius 1 is 1.71 bits per heavy atom. The average Bonchev–Trinajstić information content (AvgIpc) is 2.29. The number of aromatic nitrogens is 1. The first-order valence-electron chi connectivity index (χ1n) is 5.42. The van der Waals surface area contributed by atoms with Crippen LogP contribution >= 0.6 is 15.9 Å². The number of halogens is 1. The number of hydrogen-bond acceptors (Lipinski definition) is 4. The third-order valence-electron chi connectivity index (χ3n) is 2.82. The van der Waals surface area contributed by atoms with Crippen molar-refractivity contribution >= 4 is 27.7 Å². The predicted molar refractivity (Wildman–Crippen MR) is 68.3 cm³/mol. The molecule has 1 aromatic rings. The summed E-state index contributed by atoms with van der Waals surface area (Å²) in [6.07, 6.45) is 1.70. The Balaban J connectivity index is 2.32. The molecule has 0 saturated carbocycles. The normalized spacial score (nSPS) is 20.4. The molecule has 2 N–H and O–H groups in total. The Kier molecular flexibility index (Phi) is 3.63. The molecule has 5 nitrogen and oxygen atoms in total. The van der Waals surface area contributed by atoms with Crippen molar-refractivity contribution in [2.75, 3.05) is 24.5 Å². The van der Waals surface area contributed by atoms with E-state index in [1.165, 1.54) is 0 Å². The van der Waals surface area contributed by atoms with E-state index in [9.17, 15) is 9.90 Å². The fraction of sp³-hybridized carbons (Fsp3) is 0.455. The molecule has 0 radical (unpaired) electrons. The highest BCUT2D eigenvalue weighted by atomic mass is 79.9. The zero-order valence-corrected chi connectivity index (χ0v) is 11.1. The fourth-order valence-corrected chi connectivity index (χ4v) is 2.46. The van der Waals surface area contributed by atoms with E-state index in [1.807, 2.05) is 17.9 Å². The van der Waals surface area contributed by atoms with Crippen LogP contribution in [0.15, 0.2) is 16.7 Å². The van der Waals surface area contributed by atoms with Crippen LogP contribution in [0.4, 0.5) is 5.82 Å². The van der Waals surface area contributed by atoms with E-state index in [1.54, 1.807) is 6.20 Å². The molecule has 92 valence electrons. The lowest BCUT2D eigenvalue weighted by Gasteiger charge is -2.35. The van der Waals surface area contributed by atoms with Crippen LogP contribution in [0.2, 0.25) is 0 Å². The number of carboxylic acids is 1. The summed E-state index contributed by atoms with van der Waals surface area (Å²) in [4.78, 5) is 17.4. The van der Waals surface area contributed by atoms with Crippen LogP contribution in [0.1, 0.15) is 5.56 Å². The molecule has 2 heterocycles. The van der Waals surface area contributed by atoms with Crippen LogP contribution in [0.25, 0.3) is 0 Å². The summed E-state index contributed by atoms with van der Waals surface area (Å²) in [6, 6.07) is 1.40. The van der Waals surface area contributed by atoms with E-state index < -0.39 is 12.0 Å². The van der Waals surface area contributed by atoms with Gasteiger partial charge in [-0.05, 0) is 34.5 Å². The Morgan fingerprint density at radius 3 is 3.12 bits per heavy atom. The number of nitrogens with one attached hydrogen (secondary N) is 1. The molecule has 6 heteroatoms. The summed E-state index contributed by atoms with van der Waals surface area (Å²) in [5, 5.41) is 12.3. The van der Waals surface area contributed by atoms with E-state index in [-0.39, 0.29) is 0 Å². The van der Waals surface area contributed by atoms with Crippen LogP contribution in [-0.4, -0.2) is 41.7 Å². The van der Waals surface area contributed by atoms with Crippen molar-refractivity contribution in [3.63, 3.8) is 0 Å². The predicted octanol–water partition coefficient (Wildman–Crippen LogP) is 1.02. The zero-order chi connectivity index (χ0) is 12.4. The number of aryl methyl sites for hydroxylation is 1. The quantitative estimate of drug-likeness (QED) is 0.853. The molecule has 1 aliphatic heterocycles. The second-order valence-corrected chi connectivity index (χ2v) is 4.96. The summed E-state index contributed by atoms with van der Waals surface area (Å²) in [5.74, 6) is -0.0663. The van der Waals surface area contributed by atoms with E-state index in [4.69, 9.17) is 0 Å². The second-order valence-electron chi connectivity index (χ2n) is 4.05. The SMILES string of the molecule is Cc1cc(Br)cnc1N1CCNCC1C(=O)O. The Hall–Kier alpha value is -1.14. The Labute approximate surface area is 108 Å². The van der Waals surface area contributed by atoms with Crippen molar-refractivity contribution in [3.05, 3.63) is 22.3 Å². The fourth-order valence-electron chi connectivity index (χ4n) is 2.01. The van der Waals surface area contributed by atoms with E-state index in [0.29, 0.717) is 13.1 Å². The first-order valence-corrected chi connectivity index (χ1v) is 6.21. The van der Waals surface area contributed by atoms with Crippen molar-refractivity contribution < 1.29 is 9.90 Å². The highest BCUT2D eigenvalue weighted by Crippen LogP contribution is 2.23. The van der Waals surface area contributed by atoms with Crippen molar-refractivity contribution in [3.8, 4) is 0 Å². The highest BCUT2D eigenvalue weighted by Gasteiger charge is 2.29. The number of rotatable bonds is 2. The maximum atomic E-state index is 11.2. The van der Waals surface area contributed by atoms with Gasteiger partial charge < -0.3 is 15.3 Å². The van der Waals surface area contributed by atoms with E-state index in [0.717, 1.165) is 22.4 Å². The van der Waals surface area contributed by atoms with Gasteiger partial charge in [0.2, 0.25) is 0 Å². The summed E-state index contributed by atoms with van der Waals surface area (Å²) < 4.78 is 0.903. The molecule has 0 aliphatic carbocycles. The third kappa shape index (κ3) is 2.58. The number of hydrogen-bond donors (Lipinski definition) is 2. The van der Waals surface area contributed by atoms with Gasteiger partial charge in [0, 0.05) is 30.3 Å². The molecule has 1 fully saturated rings. The smallest absolute Gasteiger partial charge is 0.327 e. The number of aliphatic carboxylic acids is 1. The molecule has 1 aromatic heterocycles. The molecule has 0 bridgehead atoms. The van der Waals surface area contributed by atoms with Crippen molar-refractivity contribution in [1.29, 1.82) is 0 Å². The van der Waals surface area contributed by atoms with Gasteiger partial charge in [-0.1, -0.05) is 0 Å². The van der Waals surface area contributed by atoms with E-state index in [2.05, 4.69) is 26.2 Å². The van der Waals surface area contributed by atoms with Gasteiger partial charge in [-0.25, -0.2) is 9.78 Å². The van der Waals surface area contributed by atoms with Crippen LogP contribution in [0.5, 0.6) is 0 Å². The van der Waals surface area contributed by atoms with Crippen LogP contribution in [0.3, 0.4) is 0 Å². The third-order valence-corrected chi connectivity index (χ3v) is 3.25. The molecule has 17 heavy (non-hydrogen) atoms. The maximum Gasteiger partial charge on any atom is 0.327 e. The lowest BCUT2D eigenvalue weighted by atomic mass is 10.1. The zero-order valence-electron chi connectivity index (χ0n) is 9.48. The molecule has 0 spiro atoms. The second kappa shape index (κ2) is 5.01. The van der Waals surface area contributed by atoms with E-state index >= 15 is 0 Å². The lowest BCUT2D eigenvalue weighted by Crippen LogP contribution is -2.55. The Bertz CT molecular complexity index is 439. The van der Waals surface area contributed by atoms with Gasteiger partial charge >= 0.3 is 5.97 Å². The molecule has 2 rings (SSSR count). The largest absolute Gasteiger partial charge is 0.480 e. The minimum Gasteiger partial charge on any atom is -0.480 e. The average molecular weight is 300 g/mol. The number of anilines is 1. The molecule has 0 aromatic carbocycles. The topological polar surface area (TPSA) is 65.5 Å². The minimum atomic E-state index is -0.818. The molecule has 1 aliphatic rings.